The molecule has 0 N–H and O–H groups in total. The highest BCUT2D eigenvalue weighted by Gasteiger charge is 2.08. The monoisotopic (exact) mass is 320 g/mol. The summed E-state index contributed by atoms with van der Waals surface area (Å²) in [6.07, 6.45) is 7.96. The summed E-state index contributed by atoms with van der Waals surface area (Å²) in [5.74, 6) is -0.548. The third-order valence-corrected chi connectivity index (χ3v) is 3.12. The van der Waals surface area contributed by atoms with Crippen molar-refractivity contribution in [3.05, 3.63) is 0 Å². The highest BCUT2D eigenvalue weighted by atomic mass is 35.5. The minimum Gasteiger partial charge on any atom is -0.466 e. The minimum absolute atomic E-state index is 0.184. The van der Waals surface area contributed by atoms with Crippen molar-refractivity contribution in [2.45, 2.75) is 77.0 Å². The average molecular weight is 321 g/mol. The van der Waals surface area contributed by atoms with E-state index in [0.717, 1.165) is 12.8 Å². The molecule has 0 saturated carbocycles. The summed E-state index contributed by atoms with van der Waals surface area (Å²) in [4.78, 5) is 22.7. The molecule has 0 radical (unpaired) electrons. The van der Waals surface area contributed by atoms with Gasteiger partial charge in [0.15, 0.2) is 0 Å². The molecule has 0 amide bonds. The van der Waals surface area contributed by atoms with Gasteiger partial charge in [0.25, 0.3) is 0 Å². The van der Waals surface area contributed by atoms with Gasteiger partial charge in [-0.25, -0.2) is 0 Å². The number of carbonyl (C=O) groups is 2. The second-order valence-corrected chi connectivity index (χ2v) is 6.05. The van der Waals surface area contributed by atoms with Gasteiger partial charge in [0, 0.05) is 12.8 Å². The molecule has 0 aliphatic heterocycles. The molecule has 0 fully saturated rings. The number of carbonyl (C=O) groups excluding carboxylic acids is 2. The number of ether oxygens (including phenoxy) is 2. The van der Waals surface area contributed by atoms with Crippen LogP contribution in [-0.4, -0.2) is 30.5 Å². The fraction of sp³-hybridized carbons (Fsp3) is 0.875. The Balaban J connectivity index is 3.36. The van der Waals surface area contributed by atoms with Crippen LogP contribution in [0.3, 0.4) is 0 Å². The zero-order valence-corrected chi connectivity index (χ0v) is 14.1. The van der Waals surface area contributed by atoms with Crippen LogP contribution in [-0.2, 0) is 19.1 Å². The molecule has 4 nitrogen and oxygen atoms in total. The van der Waals surface area contributed by atoms with E-state index in [9.17, 15) is 9.59 Å². The average Bonchev–Trinajstić information content (AvgIpc) is 2.44. The minimum atomic E-state index is -0.314. The molecule has 0 saturated heterocycles. The van der Waals surface area contributed by atoms with Gasteiger partial charge in [-0.3, -0.25) is 9.59 Å². The van der Waals surface area contributed by atoms with Crippen molar-refractivity contribution in [2.24, 2.45) is 0 Å². The number of hydrogen-bond donors (Lipinski definition) is 0. The van der Waals surface area contributed by atoms with E-state index in [4.69, 9.17) is 21.1 Å². The molecule has 124 valence electrons. The van der Waals surface area contributed by atoms with Crippen LogP contribution >= 0.6 is 11.6 Å². The van der Waals surface area contributed by atoms with Crippen LogP contribution in [0.2, 0.25) is 0 Å². The number of esters is 2. The van der Waals surface area contributed by atoms with E-state index in [-0.39, 0.29) is 36.8 Å². The van der Waals surface area contributed by atoms with Gasteiger partial charge in [-0.15, -0.1) is 11.6 Å². The highest BCUT2D eigenvalue weighted by molar-refractivity contribution is 6.20. The largest absolute Gasteiger partial charge is 0.466 e. The van der Waals surface area contributed by atoms with Crippen LogP contribution in [0.5, 0.6) is 0 Å². The Morgan fingerprint density at radius 3 is 2.10 bits per heavy atom. The van der Waals surface area contributed by atoms with Gasteiger partial charge < -0.3 is 9.47 Å². The number of hydrogen-bond acceptors (Lipinski definition) is 4. The molecule has 0 aromatic carbocycles. The van der Waals surface area contributed by atoms with E-state index in [1.54, 1.807) is 6.92 Å². The first kappa shape index (κ1) is 20.2. The fourth-order valence-corrected chi connectivity index (χ4v) is 1.86. The first-order chi connectivity index (χ1) is 10.1. The lowest BCUT2D eigenvalue weighted by atomic mass is 10.1. The maximum Gasteiger partial charge on any atom is 0.305 e. The summed E-state index contributed by atoms with van der Waals surface area (Å²) in [6, 6.07) is 0. The Hall–Kier alpha value is -0.770. The van der Waals surface area contributed by atoms with E-state index in [1.807, 2.05) is 0 Å². The van der Waals surface area contributed by atoms with Gasteiger partial charge in [-0.1, -0.05) is 39.0 Å². The van der Waals surface area contributed by atoms with Gasteiger partial charge in [0.2, 0.25) is 0 Å². The standard InChI is InChI=1S/C16H29ClO4/c1-3-4-5-6-7-8-12-20-15(18)10-9-11-16(19)21-13-14(2)17/h14H,3-13H2,1-2H3. The van der Waals surface area contributed by atoms with Gasteiger partial charge in [0.05, 0.1) is 12.0 Å². The fourth-order valence-electron chi connectivity index (χ4n) is 1.80. The summed E-state index contributed by atoms with van der Waals surface area (Å²) >= 11 is 5.67. The molecule has 0 rings (SSSR count). The Morgan fingerprint density at radius 1 is 0.905 bits per heavy atom. The number of unbranched alkanes of at least 4 members (excludes halogenated alkanes) is 5. The molecular weight excluding hydrogens is 292 g/mol. The summed E-state index contributed by atoms with van der Waals surface area (Å²) in [5.41, 5.74) is 0. The molecule has 0 aromatic heterocycles. The molecule has 0 bridgehead atoms. The first-order valence-corrected chi connectivity index (χ1v) is 8.45. The van der Waals surface area contributed by atoms with Crippen molar-refractivity contribution in [1.29, 1.82) is 0 Å². The number of alkyl halides is 1. The lowest BCUT2D eigenvalue weighted by Gasteiger charge is -2.06. The van der Waals surface area contributed by atoms with E-state index in [0.29, 0.717) is 13.0 Å². The molecule has 5 heteroatoms. The van der Waals surface area contributed by atoms with Crippen molar-refractivity contribution in [2.75, 3.05) is 13.2 Å². The summed E-state index contributed by atoms with van der Waals surface area (Å²) < 4.78 is 10.0. The molecule has 1 atom stereocenters. The van der Waals surface area contributed by atoms with Crippen LogP contribution in [0.1, 0.15) is 71.6 Å². The van der Waals surface area contributed by atoms with Crippen molar-refractivity contribution in [3.8, 4) is 0 Å². The molecular formula is C16H29ClO4. The van der Waals surface area contributed by atoms with Crippen LogP contribution in [0.25, 0.3) is 0 Å². The number of halogens is 1. The normalized spacial score (nSPS) is 12.0. The predicted octanol–water partition coefficient (Wildman–Crippen LogP) is 4.23. The van der Waals surface area contributed by atoms with E-state index < -0.39 is 0 Å². The SMILES string of the molecule is CCCCCCCCOC(=O)CCCC(=O)OCC(C)Cl. The highest BCUT2D eigenvalue weighted by Crippen LogP contribution is 2.06. The zero-order valence-electron chi connectivity index (χ0n) is 13.4. The predicted molar refractivity (Wildman–Crippen MR) is 84.5 cm³/mol. The maximum atomic E-state index is 11.4. The van der Waals surface area contributed by atoms with Gasteiger partial charge in [-0.05, 0) is 19.8 Å². The smallest absolute Gasteiger partial charge is 0.305 e. The van der Waals surface area contributed by atoms with Crippen molar-refractivity contribution < 1.29 is 19.1 Å². The Bertz CT molecular complexity index is 279. The van der Waals surface area contributed by atoms with Crippen LogP contribution in [0, 0.1) is 0 Å². The Labute approximate surface area is 133 Å². The summed E-state index contributed by atoms with van der Waals surface area (Å²) in [5, 5.41) is -0.184. The second kappa shape index (κ2) is 14.2. The lowest BCUT2D eigenvalue weighted by molar-refractivity contribution is -0.145. The molecule has 0 aliphatic carbocycles. The molecule has 0 aliphatic rings. The third kappa shape index (κ3) is 15.4. The van der Waals surface area contributed by atoms with E-state index >= 15 is 0 Å². The topological polar surface area (TPSA) is 52.6 Å². The molecule has 21 heavy (non-hydrogen) atoms. The summed E-state index contributed by atoms with van der Waals surface area (Å²) in [6.45, 7) is 4.64. The maximum absolute atomic E-state index is 11.4. The first-order valence-electron chi connectivity index (χ1n) is 8.01. The molecule has 0 spiro atoms. The van der Waals surface area contributed by atoms with Gasteiger partial charge in [0.1, 0.15) is 6.61 Å². The van der Waals surface area contributed by atoms with Crippen molar-refractivity contribution in [3.63, 3.8) is 0 Å². The Morgan fingerprint density at radius 2 is 1.48 bits per heavy atom. The summed E-state index contributed by atoms with van der Waals surface area (Å²) in [7, 11) is 0. The van der Waals surface area contributed by atoms with Crippen LogP contribution in [0.4, 0.5) is 0 Å². The van der Waals surface area contributed by atoms with Crippen molar-refractivity contribution in [1.82, 2.24) is 0 Å². The zero-order chi connectivity index (χ0) is 15.9. The van der Waals surface area contributed by atoms with Gasteiger partial charge in [-0.2, -0.15) is 0 Å². The Kier molecular flexibility index (Phi) is 13.7. The van der Waals surface area contributed by atoms with Crippen molar-refractivity contribution >= 4 is 23.5 Å². The molecule has 0 heterocycles. The quantitative estimate of drug-likeness (QED) is 0.289. The van der Waals surface area contributed by atoms with E-state index in [2.05, 4.69) is 6.92 Å². The van der Waals surface area contributed by atoms with Crippen LogP contribution in [0.15, 0.2) is 0 Å². The van der Waals surface area contributed by atoms with E-state index in [1.165, 1.54) is 25.7 Å². The van der Waals surface area contributed by atoms with Gasteiger partial charge >= 0.3 is 11.9 Å². The number of rotatable bonds is 13. The third-order valence-electron chi connectivity index (χ3n) is 3.00. The molecule has 0 aromatic rings. The lowest BCUT2D eigenvalue weighted by Crippen LogP contribution is -2.12. The van der Waals surface area contributed by atoms with Crippen LogP contribution < -0.4 is 0 Å². The second-order valence-electron chi connectivity index (χ2n) is 5.31. The molecule has 1 unspecified atom stereocenters.